The highest BCUT2D eigenvalue weighted by molar-refractivity contribution is 7.92. The number of halogens is 1. The number of nitrogens with one attached hydrogen (secondary N) is 2. The van der Waals surface area contributed by atoms with Crippen LogP contribution in [0, 0.1) is 0 Å². The van der Waals surface area contributed by atoms with Gasteiger partial charge in [-0.1, -0.05) is 11.6 Å². The van der Waals surface area contributed by atoms with Crippen molar-refractivity contribution in [2.75, 3.05) is 23.3 Å². The average molecular weight is 487 g/mol. The van der Waals surface area contributed by atoms with Gasteiger partial charge in [-0.3, -0.25) is 9.52 Å². The molecule has 170 valence electrons. The predicted octanol–water partition coefficient (Wildman–Crippen LogP) is 3.85. The quantitative estimate of drug-likeness (QED) is 0.567. The Bertz CT molecular complexity index is 1330. The van der Waals surface area contributed by atoms with Gasteiger partial charge in [-0.05, 0) is 60.2 Å². The van der Waals surface area contributed by atoms with Crippen LogP contribution in [0.4, 0.5) is 11.4 Å². The summed E-state index contributed by atoms with van der Waals surface area (Å²) in [4.78, 5) is 12.6. The fraction of sp³-hybridized carbons (Fsp3) is 0.174. The molecule has 0 unspecified atom stereocenters. The van der Waals surface area contributed by atoms with Crippen molar-refractivity contribution < 1.29 is 27.4 Å². The van der Waals surface area contributed by atoms with Crippen molar-refractivity contribution in [3.63, 3.8) is 0 Å². The maximum absolute atomic E-state index is 12.8. The Morgan fingerprint density at radius 2 is 1.58 bits per heavy atom. The zero-order valence-corrected chi connectivity index (χ0v) is 18.8. The number of carbonyl (C=O) groups is 1. The molecule has 1 amide bonds. The van der Waals surface area contributed by atoms with Crippen LogP contribution in [0.15, 0.2) is 65.6 Å². The van der Waals surface area contributed by atoms with Gasteiger partial charge in [-0.2, -0.15) is 0 Å². The van der Waals surface area contributed by atoms with Gasteiger partial charge in [0.25, 0.3) is 15.9 Å². The van der Waals surface area contributed by atoms with Crippen LogP contribution in [0.3, 0.4) is 0 Å². The van der Waals surface area contributed by atoms with Crippen molar-refractivity contribution in [2.45, 2.75) is 17.4 Å². The highest BCUT2D eigenvalue weighted by Gasteiger charge is 2.29. The van der Waals surface area contributed by atoms with E-state index in [0.29, 0.717) is 53.3 Å². The van der Waals surface area contributed by atoms with Crippen molar-refractivity contribution in [1.29, 1.82) is 0 Å². The summed E-state index contributed by atoms with van der Waals surface area (Å²) in [5.41, 5.74) is 1.74. The first-order chi connectivity index (χ1) is 15.9. The summed E-state index contributed by atoms with van der Waals surface area (Å²) in [5, 5.41) is 3.38. The molecule has 0 saturated heterocycles. The first-order valence-electron chi connectivity index (χ1n) is 10.2. The maximum atomic E-state index is 12.8. The lowest BCUT2D eigenvalue weighted by molar-refractivity contribution is -0.122. The van der Waals surface area contributed by atoms with Gasteiger partial charge >= 0.3 is 0 Å². The normalized spacial score (nSPS) is 16.5. The fourth-order valence-corrected chi connectivity index (χ4v) is 4.88. The molecule has 2 aliphatic heterocycles. The highest BCUT2D eigenvalue weighted by Crippen LogP contribution is 2.33. The van der Waals surface area contributed by atoms with Crippen LogP contribution in [0.1, 0.15) is 5.56 Å². The summed E-state index contributed by atoms with van der Waals surface area (Å²) in [7, 11) is -3.83. The molecule has 1 atom stereocenters. The fourth-order valence-electron chi connectivity index (χ4n) is 3.61. The van der Waals surface area contributed by atoms with Crippen LogP contribution in [0.2, 0.25) is 5.02 Å². The zero-order valence-electron chi connectivity index (χ0n) is 17.2. The van der Waals surface area contributed by atoms with E-state index in [9.17, 15) is 13.2 Å². The Morgan fingerprint density at radius 3 is 2.36 bits per heavy atom. The number of carbonyl (C=O) groups excluding carboxylic acids is 1. The van der Waals surface area contributed by atoms with E-state index in [2.05, 4.69) is 10.0 Å². The second-order valence-electron chi connectivity index (χ2n) is 7.54. The second-order valence-corrected chi connectivity index (χ2v) is 9.66. The van der Waals surface area contributed by atoms with Gasteiger partial charge in [0.15, 0.2) is 17.6 Å². The number of fused-ring (bicyclic) bond motifs is 2. The third kappa shape index (κ3) is 4.55. The first kappa shape index (κ1) is 21.4. The molecule has 3 aromatic carbocycles. The molecule has 0 saturated carbocycles. The van der Waals surface area contributed by atoms with Crippen LogP contribution in [0.25, 0.3) is 0 Å². The molecular weight excluding hydrogens is 468 g/mol. The minimum atomic E-state index is -3.83. The summed E-state index contributed by atoms with van der Waals surface area (Å²) in [6.07, 6.45) is -0.235. The van der Waals surface area contributed by atoms with Crippen molar-refractivity contribution in [3.8, 4) is 17.2 Å². The smallest absolute Gasteiger partial charge is 0.265 e. The SMILES string of the molecule is O=C(Nc1ccc(NS(=O)(=O)c2ccc3c(c2)OCCO3)cc1)[C@@H]1Cc2cc(Cl)ccc2O1. The summed E-state index contributed by atoms with van der Waals surface area (Å²) in [5.74, 6) is 1.24. The lowest BCUT2D eigenvalue weighted by Gasteiger charge is -2.19. The monoisotopic (exact) mass is 486 g/mol. The Morgan fingerprint density at radius 1 is 0.879 bits per heavy atom. The molecule has 2 N–H and O–H groups in total. The minimum Gasteiger partial charge on any atom is -0.486 e. The number of benzene rings is 3. The molecule has 2 heterocycles. The van der Waals surface area contributed by atoms with Gasteiger partial charge in [-0.15, -0.1) is 0 Å². The third-order valence-corrected chi connectivity index (χ3v) is 6.83. The van der Waals surface area contributed by atoms with E-state index in [1.807, 2.05) is 0 Å². The summed E-state index contributed by atoms with van der Waals surface area (Å²) >= 11 is 5.99. The van der Waals surface area contributed by atoms with Gasteiger partial charge in [0.05, 0.1) is 4.90 Å². The van der Waals surface area contributed by atoms with Crippen molar-refractivity contribution in [3.05, 3.63) is 71.2 Å². The van der Waals surface area contributed by atoms with E-state index < -0.39 is 16.1 Å². The van der Waals surface area contributed by atoms with Crippen LogP contribution in [0.5, 0.6) is 17.2 Å². The number of anilines is 2. The molecule has 0 aromatic heterocycles. The van der Waals surface area contributed by atoms with E-state index in [1.54, 1.807) is 48.5 Å². The Balaban J connectivity index is 1.23. The summed E-state index contributed by atoms with van der Waals surface area (Å²) in [6, 6.07) is 16.0. The van der Waals surface area contributed by atoms with Crippen LogP contribution >= 0.6 is 11.6 Å². The van der Waals surface area contributed by atoms with Crippen molar-refractivity contribution >= 4 is 38.9 Å². The number of sulfonamides is 1. The van der Waals surface area contributed by atoms with Gasteiger partial charge in [0, 0.05) is 28.9 Å². The van der Waals surface area contributed by atoms with Crippen molar-refractivity contribution in [1.82, 2.24) is 0 Å². The summed E-state index contributed by atoms with van der Waals surface area (Å²) in [6.45, 7) is 0.789. The molecule has 0 fully saturated rings. The number of rotatable bonds is 5. The lowest BCUT2D eigenvalue weighted by Crippen LogP contribution is -2.31. The lowest BCUT2D eigenvalue weighted by atomic mass is 10.1. The Kier molecular flexibility index (Phi) is 5.51. The second kappa shape index (κ2) is 8.49. The van der Waals surface area contributed by atoms with E-state index in [4.69, 9.17) is 25.8 Å². The molecule has 3 aromatic rings. The van der Waals surface area contributed by atoms with E-state index in [0.717, 1.165) is 5.56 Å². The molecule has 0 bridgehead atoms. The van der Waals surface area contributed by atoms with Crippen LogP contribution < -0.4 is 24.2 Å². The van der Waals surface area contributed by atoms with Gasteiger partial charge in [-0.25, -0.2) is 8.42 Å². The van der Waals surface area contributed by atoms with E-state index in [1.165, 1.54) is 12.1 Å². The molecule has 0 radical (unpaired) electrons. The summed E-state index contributed by atoms with van der Waals surface area (Å²) < 4.78 is 44.6. The standard InChI is InChI=1S/C23H19ClN2O6S/c24-15-1-7-19-14(11-15)12-22(32-19)23(27)25-16-2-4-17(5-3-16)26-33(28,29)18-6-8-20-21(13-18)31-10-9-30-20/h1-8,11,13,22,26H,9-10,12H2,(H,25,27)/t22-/m0/s1. The molecule has 2 aliphatic rings. The highest BCUT2D eigenvalue weighted by atomic mass is 35.5. The molecule has 0 aliphatic carbocycles. The average Bonchev–Trinajstić information content (AvgIpc) is 3.23. The largest absolute Gasteiger partial charge is 0.486 e. The maximum Gasteiger partial charge on any atom is 0.265 e. The molecule has 0 spiro atoms. The van der Waals surface area contributed by atoms with Crippen molar-refractivity contribution in [2.24, 2.45) is 0 Å². The van der Waals surface area contributed by atoms with Gasteiger partial charge < -0.3 is 19.5 Å². The molecule has 33 heavy (non-hydrogen) atoms. The van der Waals surface area contributed by atoms with Crippen LogP contribution in [-0.4, -0.2) is 33.6 Å². The van der Waals surface area contributed by atoms with Crippen LogP contribution in [-0.2, 0) is 21.2 Å². The zero-order chi connectivity index (χ0) is 23.0. The van der Waals surface area contributed by atoms with E-state index in [-0.39, 0.29) is 10.8 Å². The van der Waals surface area contributed by atoms with Gasteiger partial charge in [0.1, 0.15) is 19.0 Å². The molecular formula is C23H19ClN2O6S. The Labute approximate surface area is 195 Å². The predicted molar refractivity (Wildman–Crippen MR) is 123 cm³/mol. The first-order valence-corrected chi connectivity index (χ1v) is 12.0. The molecule has 10 heteroatoms. The number of hydrogen-bond acceptors (Lipinski definition) is 6. The third-order valence-electron chi connectivity index (χ3n) is 5.22. The number of hydrogen-bond donors (Lipinski definition) is 2. The number of ether oxygens (including phenoxy) is 3. The number of amides is 1. The minimum absolute atomic E-state index is 0.0576. The van der Waals surface area contributed by atoms with Gasteiger partial charge in [0.2, 0.25) is 0 Å². The molecule has 8 nitrogen and oxygen atoms in total. The topological polar surface area (TPSA) is 103 Å². The molecule has 5 rings (SSSR count). The van der Waals surface area contributed by atoms with E-state index >= 15 is 0 Å². The Hall–Kier alpha value is -3.43.